The van der Waals surface area contributed by atoms with Gasteiger partial charge in [0.15, 0.2) is 0 Å². The first-order valence-corrected chi connectivity index (χ1v) is 8.82. The van der Waals surface area contributed by atoms with Crippen LogP contribution in [0, 0.1) is 5.92 Å². The van der Waals surface area contributed by atoms with Gasteiger partial charge < -0.3 is 19.7 Å². The number of hydrogen-bond donors (Lipinski definition) is 2. The Morgan fingerprint density at radius 2 is 1.50 bits per heavy atom. The van der Waals surface area contributed by atoms with Gasteiger partial charge in [0.05, 0.1) is 13.2 Å². The lowest BCUT2D eigenvalue weighted by molar-refractivity contribution is 0.197. The van der Waals surface area contributed by atoms with Crippen LogP contribution in [0.2, 0.25) is 0 Å². The molecule has 2 aromatic rings. The van der Waals surface area contributed by atoms with E-state index >= 15 is 0 Å². The van der Waals surface area contributed by atoms with Crippen molar-refractivity contribution >= 4 is 10.8 Å². The van der Waals surface area contributed by atoms with Gasteiger partial charge in [-0.15, -0.1) is 0 Å². The molecule has 4 heteroatoms. The quantitative estimate of drug-likeness (QED) is 0.855. The molecular weight excluding hydrogens is 304 g/mol. The minimum atomic E-state index is 0.00944. The normalized spacial score (nSPS) is 24.4. The van der Waals surface area contributed by atoms with Crippen molar-refractivity contribution in [3.05, 3.63) is 35.4 Å². The van der Waals surface area contributed by atoms with Crippen molar-refractivity contribution in [3.63, 3.8) is 0 Å². The molecule has 2 aromatic carbocycles. The first-order valence-electron chi connectivity index (χ1n) is 8.82. The number of benzene rings is 2. The fraction of sp³-hybridized carbons (Fsp3) is 0.500. The molecule has 24 heavy (non-hydrogen) atoms. The first-order chi connectivity index (χ1) is 11.8. The summed E-state index contributed by atoms with van der Waals surface area (Å²) in [5, 5.41) is 20.5. The van der Waals surface area contributed by atoms with Crippen LogP contribution in [0.1, 0.15) is 42.7 Å². The van der Waals surface area contributed by atoms with Crippen LogP contribution in [-0.2, 0) is 0 Å². The predicted octanol–water partition coefficient (Wildman–Crippen LogP) is 3.19. The van der Waals surface area contributed by atoms with Crippen molar-refractivity contribution in [2.45, 2.75) is 31.6 Å². The Balaban J connectivity index is 1.97. The minimum Gasteiger partial charge on any atom is -0.490 e. The fourth-order valence-corrected chi connectivity index (χ4v) is 4.68. The smallest absolute Gasteiger partial charge is 0.131 e. The number of aliphatic hydroxyl groups is 2. The molecule has 0 aliphatic heterocycles. The topological polar surface area (TPSA) is 58.9 Å². The minimum absolute atomic E-state index is 0.00944. The van der Waals surface area contributed by atoms with Gasteiger partial charge in [0.2, 0.25) is 0 Å². The van der Waals surface area contributed by atoms with E-state index in [-0.39, 0.29) is 13.2 Å². The van der Waals surface area contributed by atoms with Gasteiger partial charge in [-0.25, -0.2) is 0 Å². The molecule has 3 atom stereocenters. The third kappa shape index (κ3) is 2.28. The van der Waals surface area contributed by atoms with E-state index in [9.17, 15) is 10.2 Å². The first kappa shape index (κ1) is 15.7. The van der Waals surface area contributed by atoms with Crippen molar-refractivity contribution < 1.29 is 19.7 Å². The van der Waals surface area contributed by atoms with E-state index in [1.165, 1.54) is 17.5 Å². The molecule has 2 aliphatic rings. The van der Waals surface area contributed by atoms with Gasteiger partial charge in [-0.1, -0.05) is 31.2 Å². The number of hydrogen-bond acceptors (Lipinski definition) is 4. The predicted molar refractivity (Wildman–Crippen MR) is 93.0 cm³/mol. The third-order valence-corrected chi connectivity index (χ3v) is 5.53. The second-order valence-corrected chi connectivity index (χ2v) is 6.93. The summed E-state index contributed by atoms with van der Waals surface area (Å²) in [7, 11) is 0. The molecular formula is C20H24O4. The van der Waals surface area contributed by atoms with Crippen molar-refractivity contribution in [3.8, 4) is 11.5 Å². The highest BCUT2D eigenvalue weighted by Gasteiger charge is 2.46. The molecule has 0 radical (unpaired) electrons. The lowest BCUT2D eigenvalue weighted by Crippen LogP contribution is -2.14. The highest BCUT2D eigenvalue weighted by atomic mass is 16.5. The van der Waals surface area contributed by atoms with Crippen LogP contribution in [0.15, 0.2) is 24.3 Å². The van der Waals surface area contributed by atoms with Gasteiger partial charge >= 0.3 is 0 Å². The Labute approximate surface area is 142 Å². The molecule has 1 saturated carbocycles. The molecule has 2 bridgehead atoms. The van der Waals surface area contributed by atoms with Crippen molar-refractivity contribution in [1.29, 1.82) is 0 Å². The molecule has 0 aromatic heterocycles. The standard InChI is InChI=1S/C20H24O4/c1-12-10-13-11-16(12)18-17(13)19(23-8-6-21)14-4-2-3-5-15(14)20(18)24-9-7-22/h2-5,12-13,16,21-22H,6-11H2,1H3. The zero-order valence-electron chi connectivity index (χ0n) is 14.0. The fourth-order valence-electron chi connectivity index (χ4n) is 4.68. The van der Waals surface area contributed by atoms with Gasteiger partial charge in [0, 0.05) is 21.9 Å². The molecule has 4 nitrogen and oxygen atoms in total. The number of fused-ring (bicyclic) bond motifs is 6. The SMILES string of the molecule is CC1CC2CC1c1c2c(OCCO)c2ccccc2c1OCCO. The second kappa shape index (κ2) is 6.26. The summed E-state index contributed by atoms with van der Waals surface area (Å²) in [5.41, 5.74) is 2.55. The number of ether oxygens (including phenoxy) is 2. The lowest BCUT2D eigenvalue weighted by Gasteiger charge is -2.27. The van der Waals surface area contributed by atoms with Crippen LogP contribution in [0.4, 0.5) is 0 Å². The zero-order valence-corrected chi connectivity index (χ0v) is 14.0. The molecule has 0 amide bonds. The Hall–Kier alpha value is -1.78. The Morgan fingerprint density at radius 3 is 2.08 bits per heavy atom. The molecule has 2 aliphatic carbocycles. The van der Waals surface area contributed by atoms with Crippen LogP contribution >= 0.6 is 0 Å². The van der Waals surface area contributed by atoms with Gasteiger partial charge in [0.1, 0.15) is 24.7 Å². The Kier molecular flexibility index (Phi) is 4.10. The molecule has 0 spiro atoms. The average molecular weight is 328 g/mol. The van der Waals surface area contributed by atoms with Crippen molar-refractivity contribution in [1.82, 2.24) is 0 Å². The van der Waals surface area contributed by atoms with Crippen LogP contribution < -0.4 is 9.47 Å². The average Bonchev–Trinajstić information content (AvgIpc) is 3.15. The molecule has 0 heterocycles. The van der Waals surface area contributed by atoms with Crippen molar-refractivity contribution in [2.75, 3.05) is 26.4 Å². The van der Waals surface area contributed by atoms with Gasteiger partial charge in [0.25, 0.3) is 0 Å². The molecule has 128 valence electrons. The lowest BCUT2D eigenvalue weighted by atomic mass is 9.82. The van der Waals surface area contributed by atoms with E-state index in [4.69, 9.17) is 9.47 Å². The van der Waals surface area contributed by atoms with Gasteiger partial charge in [-0.2, -0.15) is 0 Å². The summed E-state index contributed by atoms with van der Waals surface area (Å²) in [6.07, 6.45) is 2.34. The van der Waals surface area contributed by atoms with E-state index in [1.54, 1.807) is 0 Å². The molecule has 4 rings (SSSR count). The van der Waals surface area contributed by atoms with E-state index in [2.05, 4.69) is 19.1 Å². The summed E-state index contributed by atoms with van der Waals surface area (Å²) in [4.78, 5) is 0. The number of aliphatic hydroxyl groups excluding tert-OH is 2. The maximum Gasteiger partial charge on any atom is 0.131 e. The van der Waals surface area contributed by atoms with E-state index in [1.807, 2.05) is 12.1 Å². The Morgan fingerprint density at radius 1 is 0.917 bits per heavy atom. The van der Waals surface area contributed by atoms with Gasteiger partial charge in [-0.3, -0.25) is 0 Å². The highest BCUT2D eigenvalue weighted by molar-refractivity contribution is 5.97. The monoisotopic (exact) mass is 328 g/mol. The third-order valence-electron chi connectivity index (χ3n) is 5.53. The van der Waals surface area contributed by atoms with Crippen LogP contribution in [0.5, 0.6) is 11.5 Å². The summed E-state index contributed by atoms with van der Waals surface area (Å²) in [6, 6.07) is 8.13. The number of rotatable bonds is 6. The summed E-state index contributed by atoms with van der Waals surface area (Å²) in [5.74, 6) is 3.50. The van der Waals surface area contributed by atoms with Gasteiger partial charge in [-0.05, 0) is 30.6 Å². The molecule has 1 fully saturated rings. The maximum atomic E-state index is 9.23. The Bertz CT molecular complexity index is 755. The largest absolute Gasteiger partial charge is 0.490 e. The molecule has 3 unspecified atom stereocenters. The summed E-state index contributed by atoms with van der Waals surface area (Å²) >= 11 is 0. The van der Waals surface area contributed by atoms with E-state index < -0.39 is 0 Å². The van der Waals surface area contributed by atoms with E-state index in [0.29, 0.717) is 31.0 Å². The summed E-state index contributed by atoms with van der Waals surface area (Å²) in [6.45, 7) is 2.94. The zero-order chi connectivity index (χ0) is 16.7. The van der Waals surface area contributed by atoms with Crippen LogP contribution in [-0.4, -0.2) is 36.6 Å². The molecule has 2 N–H and O–H groups in total. The highest BCUT2D eigenvalue weighted by Crippen LogP contribution is 2.63. The van der Waals surface area contributed by atoms with Crippen molar-refractivity contribution in [2.24, 2.45) is 5.92 Å². The van der Waals surface area contributed by atoms with E-state index in [0.717, 1.165) is 28.7 Å². The van der Waals surface area contributed by atoms with Crippen LogP contribution in [0.3, 0.4) is 0 Å². The second-order valence-electron chi connectivity index (χ2n) is 6.93. The summed E-state index contributed by atoms with van der Waals surface area (Å²) < 4.78 is 12.0. The molecule has 0 saturated heterocycles. The maximum absolute atomic E-state index is 9.23. The van der Waals surface area contributed by atoms with Crippen LogP contribution in [0.25, 0.3) is 10.8 Å².